The molecule has 1 rings (SSSR count). The molecule has 1 N–H and O–H groups in total. The summed E-state index contributed by atoms with van der Waals surface area (Å²) in [5.41, 5.74) is 0. The highest BCUT2D eigenvalue weighted by Gasteiger charge is 1.88. The van der Waals surface area contributed by atoms with E-state index in [0.717, 1.165) is 26.1 Å². The van der Waals surface area contributed by atoms with Crippen molar-refractivity contribution in [3.8, 4) is 11.8 Å². The molecule has 0 aliphatic heterocycles. The first-order valence-electron chi connectivity index (χ1n) is 4.51. The van der Waals surface area contributed by atoms with E-state index in [0.29, 0.717) is 0 Å². The van der Waals surface area contributed by atoms with Gasteiger partial charge in [-0.25, -0.2) is 0 Å². The lowest BCUT2D eigenvalue weighted by Gasteiger charge is -2.01. The molecular weight excluding hydrogens is 162 g/mol. The van der Waals surface area contributed by atoms with Gasteiger partial charge in [0.1, 0.15) is 0 Å². The van der Waals surface area contributed by atoms with E-state index in [-0.39, 0.29) is 0 Å². The highest BCUT2D eigenvalue weighted by atomic mass is 15.3. The number of aromatic nitrogens is 2. The van der Waals surface area contributed by atoms with Crippen LogP contribution in [0.5, 0.6) is 0 Å². The summed E-state index contributed by atoms with van der Waals surface area (Å²) in [6, 6.07) is 1.93. The van der Waals surface area contributed by atoms with Gasteiger partial charge < -0.3 is 5.32 Å². The first-order chi connectivity index (χ1) is 6.43. The highest BCUT2D eigenvalue weighted by Crippen LogP contribution is 1.82. The Morgan fingerprint density at radius 2 is 2.38 bits per heavy atom. The predicted molar refractivity (Wildman–Crippen MR) is 53.2 cm³/mol. The fourth-order valence-electron chi connectivity index (χ4n) is 1.03. The van der Waals surface area contributed by atoms with Gasteiger partial charge >= 0.3 is 0 Å². The topological polar surface area (TPSA) is 29.9 Å². The molecule has 13 heavy (non-hydrogen) atoms. The maximum absolute atomic E-state index is 4.10. The van der Waals surface area contributed by atoms with Crippen molar-refractivity contribution in [2.24, 2.45) is 0 Å². The number of hydrogen-bond donors (Lipinski definition) is 1. The zero-order valence-electron chi connectivity index (χ0n) is 7.95. The molecule has 0 saturated heterocycles. The molecule has 0 aliphatic rings. The van der Waals surface area contributed by atoms with Gasteiger partial charge in [0.15, 0.2) is 0 Å². The molecule has 0 unspecified atom stereocenters. The predicted octanol–water partition coefficient (Wildman–Crippen LogP) is 0.886. The minimum Gasteiger partial charge on any atom is -0.314 e. The second-order valence-corrected chi connectivity index (χ2v) is 2.70. The van der Waals surface area contributed by atoms with Crippen LogP contribution in [0.1, 0.15) is 13.3 Å². The van der Waals surface area contributed by atoms with Crippen LogP contribution in [-0.2, 0) is 6.54 Å². The standard InChI is InChI=1S/C10H15N3/c1-2-3-4-6-11-8-10-13-9-5-7-12-13/h5,7,9,11H,4,6,8,10H2,1H3. The lowest BCUT2D eigenvalue weighted by atomic mass is 10.4. The van der Waals surface area contributed by atoms with E-state index >= 15 is 0 Å². The van der Waals surface area contributed by atoms with Crippen molar-refractivity contribution in [1.82, 2.24) is 15.1 Å². The Morgan fingerprint density at radius 1 is 1.46 bits per heavy atom. The van der Waals surface area contributed by atoms with Crippen LogP contribution in [0.2, 0.25) is 0 Å². The zero-order valence-corrected chi connectivity index (χ0v) is 7.95. The smallest absolute Gasteiger partial charge is 0.0533 e. The number of nitrogens with zero attached hydrogens (tertiary/aromatic N) is 2. The third kappa shape index (κ3) is 4.34. The van der Waals surface area contributed by atoms with Crippen molar-refractivity contribution >= 4 is 0 Å². The molecule has 1 aromatic rings. The maximum Gasteiger partial charge on any atom is 0.0533 e. The Kier molecular flexibility index (Phi) is 4.73. The molecule has 0 bridgehead atoms. The molecule has 0 spiro atoms. The van der Waals surface area contributed by atoms with E-state index in [1.54, 1.807) is 6.20 Å². The van der Waals surface area contributed by atoms with Crippen LogP contribution in [0.3, 0.4) is 0 Å². The SMILES string of the molecule is CC#CCCNCCn1cccn1. The van der Waals surface area contributed by atoms with Crippen molar-refractivity contribution in [2.45, 2.75) is 19.9 Å². The number of rotatable bonds is 5. The van der Waals surface area contributed by atoms with E-state index in [1.165, 1.54) is 0 Å². The van der Waals surface area contributed by atoms with Crippen LogP contribution in [-0.4, -0.2) is 22.9 Å². The van der Waals surface area contributed by atoms with Crippen LogP contribution in [0, 0.1) is 11.8 Å². The van der Waals surface area contributed by atoms with E-state index in [9.17, 15) is 0 Å². The fraction of sp³-hybridized carbons (Fsp3) is 0.500. The summed E-state index contributed by atoms with van der Waals surface area (Å²) in [6.07, 6.45) is 4.69. The van der Waals surface area contributed by atoms with Crippen molar-refractivity contribution < 1.29 is 0 Å². The Balaban J connectivity index is 1.98. The van der Waals surface area contributed by atoms with Gasteiger partial charge in [-0.2, -0.15) is 5.10 Å². The van der Waals surface area contributed by atoms with Crippen LogP contribution < -0.4 is 5.32 Å². The van der Waals surface area contributed by atoms with Crippen LogP contribution in [0.25, 0.3) is 0 Å². The van der Waals surface area contributed by atoms with Crippen LogP contribution >= 0.6 is 0 Å². The normalized spacial score (nSPS) is 9.31. The number of nitrogens with one attached hydrogen (secondary N) is 1. The van der Waals surface area contributed by atoms with E-state index in [4.69, 9.17) is 0 Å². The third-order valence-corrected chi connectivity index (χ3v) is 1.68. The van der Waals surface area contributed by atoms with Gasteiger partial charge in [-0.3, -0.25) is 4.68 Å². The minimum atomic E-state index is 0.923. The average Bonchev–Trinajstić information content (AvgIpc) is 2.63. The third-order valence-electron chi connectivity index (χ3n) is 1.68. The van der Waals surface area contributed by atoms with Gasteiger partial charge in [0.25, 0.3) is 0 Å². The molecular formula is C10H15N3. The van der Waals surface area contributed by atoms with E-state index in [1.807, 2.05) is 23.9 Å². The second-order valence-electron chi connectivity index (χ2n) is 2.70. The summed E-state index contributed by atoms with van der Waals surface area (Å²) in [5, 5.41) is 7.39. The molecule has 0 amide bonds. The zero-order chi connectivity index (χ0) is 9.36. The van der Waals surface area contributed by atoms with Crippen molar-refractivity contribution in [1.29, 1.82) is 0 Å². The quantitative estimate of drug-likeness (QED) is 0.534. The van der Waals surface area contributed by atoms with Crippen molar-refractivity contribution in [2.75, 3.05) is 13.1 Å². The molecule has 0 aliphatic carbocycles. The highest BCUT2D eigenvalue weighted by molar-refractivity contribution is 4.95. The molecule has 1 aromatic heterocycles. The van der Waals surface area contributed by atoms with Gasteiger partial charge in [-0.05, 0) is 13.0 Å². The molecule has 0 atom stereocenters. The molecule has 0 radical (unpaired) electrons. The molecule has 3 heteroatoms. The summed E-state index contributed by atoms with van der Waals surface area (Å²) in [4.78, 5) is 0. The summed E-state index contributed by atoms with van der Waals surface area (Å²) in [5.74, 6) is 5.87. The Hall–Kier alpha value is -1.27. The van der Waals surface area contributed by atoms with E-state index in [2.05, 4.69) is 22.3 Å². The van der Waals surface area contributed by atoms with Gasteiger partial charge in [-0.15, -0.1) is 11.8 Å². The Bertz CT molecular complexity index is 266. The second kappa shape index (κ2) is 6.27. The molecule has 0 saturated carbocycles. The largest absolute Gasteiger partial charge is 0.314 e. The van der Waals surface area contributed by atoms with Gasteiger partial charge in [0.2, 0.25) is 0 Å². The summed E-state index contributed by atoms with van der Waals surface area (Å²) in [6.45, 7) is 4.70. The van der Waals surface area contributed by atoms with Crippen LogP contribution in [0.15, 0.2) is 18.5 Å². The first-order valence-corrected chi connectivity index (χ1v) is 4.51. The fourth-order valence-corrected chi connectivity index (χ4v) is 1.03. The molecule has 0 aromatic carbocycles. The Morgan fingerprint density at radius 3 is 3.08 bits per heavy atom. The summed E-state index contributed by atoms with van der Waals surface area (Å²) < 4.78 is 1.92. The molecule has 70 valence electrons. The van der Waals surface area contributed by atoms with Crippen LogP contribution in [0.4, 0.5) is 0 Å². The van der Waals surface area contributed by atoms with Crippen molar-refractivity contribution in [3.05, 3.63) is 18.5 Å². The Labute approximate surface area is 79.1 Å². The lowest BCUT2D eigenvalue weighted by molar-refractivity contribution is 0.559. The monoisotopic (exact) mass is 177 g/mol. The summed E-state index contributed by atoms with van der Waals surface area (Å²) >= 11 is 0. The summed E-state index contributed by atoms with van der Waals surface area (Å²) in [7, 11) is 0. The first kappa shape index (κ1) is 9.82. The minimum absolute atomic E-state index is 0.923. The maximum atomic E-state index is 4.10. The number of hydrogen-bond acceptors (Lipinski definition) is 2. The van der Waals surface area contributed by atoms with Crippen molar-refractivity contribution in [3.63, 3.8) is 0 Å². The van der Waals surface area contributed by atoms with Gasteiger partial charge in [0, 0.05) is 31.9 Å². The van der Waals surface area contributed by atoms with Gasteiger partial charge in [-0.1, -0.05) is 0 Å². The van der Waals surface area contributed by atoms with Gasteiger partial charge in [0.05, 0.1) is 6.54 Å². The van der Waals surface area contributed by atoms with E-state index < -0.39 is 0 Å². The molecule has 0 fully saturated rings. The average molecular weight is 177 g/mol. The molecule has 1 heterocycles. The lowest BCUT2D eigenvalue weighted by Crippen LogP contribution is -2.20. The molecule has 3 nitrogen and oxygen atoms in total.